The van der Waals surface area contributed by atoms with Crippen molar-refractivity contribution in [2.45, 2.75) is 39.2 Å². The van der Waals surface area contributed by atoms with Gasteiger partial charge >= 0.3 is 0 Å². The highest BCUT2D eigenvalue weighted by atomic mass is 16.1. The Balaban J connectivity index is 1.71. The van der Waals surface area contributed by atoms with Crippen LogP contribution in [0.1, 0.15) is 38.3 Å². The van der Waals surface area contributed by atoms with Crippen LogP contribution in [0.2, 0.25) is 0 Å². The van der Waals surface area contributed by atoms with E-state index in [2.05, 4.69) is 23.3 Å². The smallest absolute Gasteiger partial charge is 0.223 e. The molecule has 0 atom stereocenters. The second kappa shape index (κ2) is 8.00. The highest BCUT2D eigenvalue weighted by Gasteiger charge is 2.27. The van der Waals surface area contributed by atoms with Crippen LogP contribution in [0.3, 0.4) is 0 Å². The van der Waals surface area contributed by atoms with Crippen LogP contribution in [0.15, 0.2) is 24.4 Å². The van der Waals surface area contributed by atoms with Crippen molar-refractivity contribution in [1.82, 2.24) is 10.3 Å². The number of quaternary nitrogens is 1. The third-order valence-corrected chi connectivity index (χ3v) is 4.05. The number of nitrogens with one attached hydrogen (secondary N) is 2. The predicted molar refractivity (Wildman–Crippen MR) is 79.3 cm³/mol. The standard InChI is InChI=1S/C16H25N3O/c1-2-3-9-18-16(20)14-7-11-19(12-8-14)13-15-6-4-5-10-17-15/h4-6,10,14H,2-3,7-9,11-13H2,1H3,(H,18,20)/p+1. The van der Waals surface area contributed by atoms with Gasteiger partial charge < -0.3 is 10.2 Å². The molecular formula is C16H26N3O+. The van der Waals surface area contributed by atoms with E-state index in [1.165, 1.54) is 0 Å². The van der Waals surface area contributed by atoms with E-state index in [1.54, 1.807) is 4.90 Å². The molecule has 0 bridgehead atoms. The monoisotopic (exact) mass is 276 g/mol. The maximum absolute atomic E-state index is 12.0. The lowest BCUT2D eigenvalue weighted by Crippen LogP contribution is -3.11. The molecule has 1 saturated heterocycles. The normalized spacial score (nSPS) is 22.4. The second-order valence-corrected chi connectivity index (χ2v) is 5.67. The van der Waals surface area contributed by atoms with Crippen LogP contribution < -0.4 is 10.2 Å². The Morgan fingerprint density at radius 1 is 1.40 bits per heavy atom. The number of rotatable bonds is 6. The SMILES string of the molecule is CCCCNC(=O)C1CC[NH+](Cc2ccccn2)CC1. The summed E-state index contributed by atoms with van der Waals surface area (Å²) in [7, 11) is 0. The van der Waals surface area contributed by atoms with Crippen molar-refractivity contribution in [3.05, 3.63) is 30.1 Å². The summed E-state index contributed by atoms with van der Waals surface area (Å²) in [6, 6.07) is 6.07. The zero-order valence-corrected chi connectivity index (χ0v) is 12.4. The summed E-state index contributed by atoms with van der Waals surface area (Å²) in [5, 5.41) is 3.06. The fraction of sp³-hybridized carbons (Fsp3) is 0.625. The van der Waals surface area contributed by atoms with Gasteiger partial charge in [-0.2, -0.15) is 0 Å². The highest BCUT2D eigenvalue weighted by Crippen LogP contribution is 2.09. The number of nitrogens with zero attached hydrogens (tertiary/aromatic N) is 1. The van der Waals surface area contributed by atoms with E-state index in [0.29, 0.717) is 0 Å². The lowest BCUT2D eigenvalue weighted by atomic mass is 9.95. The van der Waals surface area contributed by atoms with Gasteiger partial charge in [0.2, 0.25) is 5.91 Å². The van der Waals surface area contributed by atoms with Crippen molar-refractivity contribution >= 4 is 5.91 Å². The maximum atomic E-state index is 12.0. The molecule has 0 aromatic carbocycles. The van der Waals surface area contributed by atoms with E-state index in [-0.39, 0.29) is 11.8 Å². The van der Waals surface area contributed by atoms with Gasteiger partial charge in [-0.15, -0.1) is 0 Å². The molecule has 20 heavy (non-hydrogen) atoms. The number of carbonyl (C=O) groups excluding carboxylic acids is 1. The molecular weight excluding hydrogens is 250 g/mol. The predicted octanol–water partition coefficient (Wildman–Crippen LogP) is 0.793. The summed E-state index contributed by atoms with van der Waals surface area (Å²) in [5.41, 5.74) is 1.15. The van der Waals surface area contributed by atoms with Crippen molar-refractivity contribution in [2.75, 3.05) is 19.6 Å². The molecule has 4 nitrogen and oxygen atoms in total. The fourth-order valence-corrected chi connectivity index (χ4v) is 2.76. The quantitative estimate of drug-likeness (QED) is 0.755. The van der Waals surface area contributed by atoms with Crippen molar-refractivity contribution < 1.29 is 9.69 Å². The van der Waals surface area contributed by atoms with Crippen molar-refractivity contribution in [1.29, 1.82) is 0 Å². The largest absolute Gasteiger partial charge is 0.356 e. The van der Waals surface area contributed by atoms with Crippen molar-refractivity contribution in [3.63, 3.8) is 0 Å². The molecule has 1 aliphatic rings. The first-order valence-electron chi connectivity index (χ1n) is 7.80. The Bertz CT molecular complexity index is 399. The summed E-state index contributed by atoms with van der Waals surface area (Å²) in [4.78, 5) is 17.9. The molecule has 1 aromatic heterocycles. The lowest BCUT2D eigenvalue weighted by Gasteiger charge is -2.28. The first kappa shape index (κ1) is 15.0. The Labute approximate surface area is 121 Å². The highest BCUT2D eigenvalue weighted by molar-refractivity contribution is 5.78. The summed E-state index contributed by atoms with van der Waals surface area (Å²) < 4.78 is 0. The van der Waals surface area contributed by atoms with Crippen molar-refractivity contribution in [2.24, 2.45) is 5.92 Å². The minimum Gasteiger partial charge on any atom is -0.356 e. The topological polar surface area (TPSA) is 46.4 Å². The number of hydrogen-bond acceptors (Lipinski definition) is 2. The van der Waals surface area contributed by atoms with Crippen LogP contribution >= 0.6 is 0 Å². The summed E-state index contributed by atoms with van der Waals surface area (Å²) in [6.07, 6.45) is 6.06. The zero-order valence-electron chi connectivity index (χ0n) is 12.4. The summed E-state index contributed by atoms with van der Waals surface area (Å²) in [5.74, 6) is 0.481. The van der Waals surface area contributed by atoms with Gasteiger partial charge in [-0.1, -0.05) is 19.4 Å². The van der Waals surface area contributed by atoms with Gasteiger partial charge in [-0.05, 0) is 18.6 Å². The molecule has 0 unspecified atom stereocenters. The molecule has 0 saturated carbocycles. The van der Waals surface area contributed by atoms with Gasteiger partial charge in [0.1, 0.15) is 6.54 Å². The van der Waals surface area contributed by atoms with Gasteiger partial charge in [-0.25, -0.2) is 0 Å². The van der Waals surface area contributed by atoms with Gasteiger partial charge in [0.05, 0.1) is 18.8 Å². The van der Waals surface area contributed by atoms with Crippen LogP contribution in [-0.2, 0) is 11.3 Å². The number of amides is 1. The van der Waals surface area contributed by atoms with E-state index >= 15 is 0 Å². The Morgan fingerprint density at radius 2 is 2.20 bits per heavy atom. The average molecular weight is 276 g/mol. The molecule has 110 valence electrons. The maximum Gasteiger partial charge on any atom is 0.223 e. The number of carbonyl (C=O) groups is 1. The number of aromatic nitrogens is 1. The molecule has 2 N–H and O–H groups in total. The van der Waals surface area contributed by atoms with Crippen LogP contribution in [0.5, 0.6) is 0 Å². The van der Waals surface area contributed by atoms with Crippen LogP contribution in [-0.4, -0.2) is 30.5 Å². The van der Waals surface area contributed by atoms with Gasteiger partial charge in [0.15, 0.2) is 0 Å². The molecule has 1 fully saturated rings. The van der Waals surface area contributed by atoms with E-state index < -0.39 is 0 Å². The molecule has 1 aromatic rings. The van der Waals surface area contributed by atoms with Crippen LogP contribution in [0.25, 0.3) is 0 Å². The Morgan fingerprint density at radius 3 is 2.85 bits per heavy atom. The summed E-state index contributed by atoms with van der Waals surface area (Å²) in [6.45, 7) is 6.10. The third kappa shape index (κ3) is 4.60. The average Bonchev–Trinajstić information content (AvgIpc) is 2.49. The molecule has 0 spiro atoms. The van der Waals surface area contributed by atoms with Gasteiger partial charge in [-0.3, -0.25) is 9.78 Å². The molecule has 2 heterocycles. The molecule has 1 aliphatic heterocycles. The Hall–Kier alpha value is -1.42. The first-order valence-corrected chi connectivity index (χ1v) is 7.80. The number of pyridine rings is 1. The Kier molecular flexibility index (Phi) is 5.99. The molecule has 4 heteroatoms. The zero-order chi connectivity index (χ0) is 14.2. The molecule has 0 radical (unpaired) electrons. The summed E-state index contributed by atoms with van der Waals surface area (Å²) >= 11 is 0. The van der Waals surface area contributed by atoms with Gasteiger partial charge in [0, 0.05) is 31.5 Å². The van der Waals surface area contributed by atoms with Crippen LogP contribution in [0.4, 0.5) is 0 Å². The number of likely N-dealkylation sites (tertiary alicyclic amines) is 1. The lowest BCUT2D eigenvalue weighted by molar-refractivity contribution is -0.919. The van der Waals surface area contributed by atoms with Gasteiger partial charge in [0.25, 0.3) is 0 Å². The third-order valence-electron chi connectivity index (χ3n) is 4.05. The number of unbranched alkanes of at least 4 members (excludes halogenated alkanes) is 1. The minimum absolute atomic E-state index is 0.222. The molecule has 1 amide bonds. The molecule has 0 aliphatic carbocycles. The molecule has 2 rings (SSSR count). The number of piperidine rings is 1. The minimum atomic E-state index is 0.222. The van der Waals surface area contributed by atoms with E-state index in [1.807, 2.05) is 18.3 Å². The second-order valence-electron chi connectivity index (χ2n) is 5.67. The van der Waals surface area contributed by atoms with Crippen LogP contribution in [0, 0.1) is 5.92 Å². The first-order chi connectivity index (χ1) is 9.79. The fourth-order valence-electron chi connectivity index (χ4n) is 2.76. The van der Waals surface area contributed by atoms with E-state index in [0.717, 1.165) is 57.6 Å². The van der Waals surface area contributed by atoms with E-state index in [4.69, 9.17) is 0 Å². The number of hydrogen-bond donors (Lipinski definition) is 2. The van der Waals surface area contributed by atoms with E-state index in [9.17, 15) is 4.79 Å². The van der Waals surface area contributed by atoms with Crippen molar-refractivity contribution in [3.8, 4) is 0 Å².